The van der Waals surface area contributed by atoms with E-state index in [0.29, 0.717) is 17.4 Å². The van der Waals surface area contributed by atoms with Gasteiger partial charge in [0.1, 0.15) is 11.0 Å². The van der Waals surface area contributed by atoms with Gasteiger partial charge < -0.3 is 24.8 Å². The summed E-state index contributed by atoms with van der Waals surface area (Å²) in [7, 11) is -0.640. The minimum absolute atomic E-state index is 0.0816. The summed E-state index contributed by atoms with van der Waals surface area (Å²) in [5.41, 5.74) is 6.06. The van der Waals surface area contributed by atoms with Crippen molar-refractivity contribution in [2.75, 3.05) is 19.8 Å². The van der Waals surface area contributed by atoms with Crippen LogP contribution in [0.25, 0.3) is 11.5 Å². The van der Waals surface area contributed by atoms with Gasteiger partial charge in [-0.1, -0.05) is 0 Å². The quantitative estimate of drug-likeness (QED) is 0.718. The zero-order valence-electron chi connectivity index (χ0n) is 10.4. The van der Waals surface area contributed by atoms with Crippen molar-refractivity contribution in [2.45, 2.75) is 6.54 Å². The Morgan fingerprint density at radius 2 is 2.21 bits per heavy atom. The van der Waals surface area contributed by atoms with Gasteiger partial charge in [-0.25, -0.2) is 4.98 Å². The van der Waals surface area contributed by atoms with Gasteiger partial charge in [0.25, 0.3) is 0 Å². The zero-order chi connectivity index (χ0) is 14.2. The molecule has 104 valence electrons. The molecule has 2 aromatic rings. The molecular weight excluding hydrogens is 289 g/mol. The van der Waals surface area contributed by atoms with Crippen molar-refractivity contribution in [3.05, 3.63) is 17.2 Å². The number of aromatic nitrogens is 1. The molecule has 0 aliphatic rings. The minimum Gasteiger partial charge on any atom is -0.462 e. The third-order valence-corrected chi connectivity index (χ3v) is 4.20. The summed E-state index contributed by atoms with van der Waals surface area (Å²) < 4.78 is 16.6. The Balaban J connectivity index is 2.54. The highest BCUT2D eigenvalue weighted by Gasteiger charge is 2.28. The third kappa shape index (κ3) is 3.05. The summed E-state index contributed by atoms with van der Waals surface area (Å²) in [4.78, 5) is 25.4. The number of furan rings is 1. The van der Waals surface area contributed by atoms with Crippen LogP contribution >= 0.6 is 18.9 Å². The summed E-state index contributed by atoms with van der Waals surface area (Å²) in [5, 5.41) is 0.165. The van der Waals surface area contributed by atoms with Crippen LogP contribution in [-0.4, -0.2) is 33.8 Å². The molecule has 0 unspecified atom stereocenters. The molecule has 9 heteroatoms. The topological polar surface area (TPSA) is 113 Å². The number of nitrogens with zero attached hydrogens (tertiary/aromatic N) is 2. The van der Waals surface area contributed by atoms with Crippen LogP contribution in [0.15, 0.2) is 16.7 Å². The predicted molar refractivity (Wildman–Crippen MR) is 73.3 cm³/mol. The molecule has 2 heterocycles. The number of anilines is 1. The second kappa shape index (κ2) is 5.07. The standard InChI is InChI=1S/C10H14N3O4PS/c1-13(2)5-7-8(12-10(11)19-7)9-6(3-4-17-9)18(14,15)16/h3-4H,5H2,1-2H3,(H2,11,12)(H2,14,15,16). The normalized spacial score (nSPS) is 12.3. The molecule has 4 N–H and O–H groups in total. The van der Waals surface area contributed by atoms with Crippen molar-refractivity contribution >= 4 is 29.4 Å². The molecule has 0 aliphatic carbocycles. The lowest BCUT2D eigenvalue weighted by molar-refractivity contribution is 0.387. The van der Waals surface area contributed by atoms with Crippen LogP contribution in [0.1, 0.15) is 4.88 Å². The van der Waals surface area contributed by atoms with Crippen molar-refractivity contribution in [2.24, 2.45) is 0 Å². The maximum Gasteiger partial charge on any atom is 0.360 e. The van der Waals surface area contributed by atoms with Crippen LogP contribution < -0.4 is 11.0 Å². The van der Waals surface area contributed by atoms with Crippen molar-refractivity contribution in [1.82, 2.24) is 9.88 Å². The van der Waals surface area contributed by atoms with Crippen LogP contribution in [-0.2, 0) is 11.1 Å². The highest BCUT2D eigenvalue weighted by Crippen LogP contribution is 2.40. The summed E-state index contributed by atoms with van der Waals surface area (Å²) in [6, 6.07) is 1.26. The van der Waals surface area contributed by atoms with Gasteiger partial charge >= 0.3 is 7.60 Å². The van der Waals surface area contributed by atoms with Gasteiger partial charge in [-0.15, -0.1) is 11.3 Å². The number of hydrogen-bond donors (Lipinski definition) is 3. The van der Waals surface area contributed by atoms with Gasteiger partial charge in [0.2, 0.25) is 0 Å². The van der Waals surface area contributed by atoms with Crippen LogP contribution in [0.3, 0.4) is 0 Å². The first-order chi connectivity index (χ1) is 8.79. The summed E-state index contributed by atoms with van der Waals surface area (Å²) in [5.74, 6) is 0.0816. The predicted octanol–water partition coefficient (Wildman–Crippen LogP) is 0.850. The van der Waals surface area contributed by atoms with E-state index in [-0.39, 0.29) is 11.1 Å². The van der Waals surface area contributed by atoms with E-state index in [1.807, 2.05) is 19.0 Å². The van der Waals surface area contributed by atoms with Crippen molar-refractivity contribution in [1.29, 1.82) is 0 Å². The Bertz CT molecular complexity index is 631. The lowest BCUT2D eigenvalue weighted by atomic mass is 10.3. The Kier molecular flexibility index (Phi) is 3.80. The second-order valence-electron chi connectivity index (χ2n) is 4.24. The molecular formula is C10H14N3O4PS. The number of nitrogen functional groups attached to an aromatic ring is 1. The van der Waals surface area contributed by atoms with Gasteiger partial charge in [-0.3, -0.25) is 4.57 Å². The SMILES string of the molecule is CN(C)Cc1sc(N)nc1-c1occc1P(=O)(O)O. The molecule has 2 rings (SSSR count). The van der Waals surface area contributed by atoms with Crippen LogP contribution in [0.5, 0.6) is 0 Å². The lowest BCUT2D eigenvalue weighted by Crippen LogP contribution is -2.11. The lowest BCUT2D eigenvalue weighted by Gasteiger charge is -2.09. The van der Waals surface area contributed by atoms with Crippen molar-refractivity contribution in [3.63, 3.8) is 0 Å². The van der Waals surface area contributed by atoms with Gasteiger partial charge in [-0.05, 0) is 20.2 Å². The molecule has 7 nitrogen and oxygen atoms in total. The first-order valence-electron chi connectivity index (χ1n) is 5.33. The molecule has 0 amide bonds. The number of hydrogen-bond acceptors (Lipinski definition) is 6. The van der Waals surface area contributed by atoms with E-state index in [2.05, 4.69) is 4.98 Å². The van der Waals surface area contributed by atoms with Gasteiger partial charge in [-0.2, -0.15) is 0 Å². The van der Waals surface area contributed by atoms with E-state index in [4.69, 9.17) is 10.2 Å². The largest absolute Gasteiger partial charge is 0.462 e. The molecule has 0 atom stereocenters. The number of rotatable bonds is 4. The fourth-order valence-corrected chi connectivity index (χ4v) is 3.28. The van der Waals surface area contributed by atoms with E-state index in [1.165, 1.54) is 23.7 Å². The van der Waals surface area contributed by atoms with E-state index in [0.717, 1.165) is 4.88 Å². The number of nitrogens with two attached hydrogens (primary N) is 1. The highest BCUT2D eigenvalue weighted by atomic mass is 32.1. The molecule has 0 aliphatic heterocycles. The van der Waals surface area contributed by atoms with Gasteiger partial charge in [0, 0.05) is 6.54 Å². The first kappa shape index (κ1) is 14.2. The molecule has 0 spiro atoms. The molecule has 0 radical (unpaired) electrons. The second-order valence-corrected chi connectivity index (χ2v) is 6.93. The first-order valence-corrected chi connectivity index (χ1v) is 7.76. The Morgan fingerprint density at radius 1 is 1.53 bits per heavy atom. The van der Waals surface area contributed by atoms with Gasteiger partial charge in [0.15, 0.2) is 10.9 Å². The zero-order valence-corrected chi connectivity index (χ0v) is 12.1. The van der Waals surface area contributed by atoms with Crippen molar-refractivity contribution < 1.29 is 18.8 Å². The Hall–Kier alpha value is -1.18. The van der Waals surface area contributed by atoms with E-state index < -0.39 is 7.60 Å². The van der Waals surface area contributed by atoms with Crippen LogP contribution in [0.2, 0.25) is 0 Å². The maximum absolute atomic E-state index is 11.4. The Labute approximate surface area is 113 Å². The fraction of sp³-hybridized carbons (Fsp3) is 0.300. The van der Waals surface area contributed by atoms with Crippen LogP contribution in [0, 0.1) is 0 Å². The number of thiazole rings is 1. The molecule has 0 saturated carbocycles. The van der Waals surface area contributed by atoms with E-state index >= 15 is 0 Å². The molecule has 0 bridgehead atoms. The average molecular weight is 303 g/mol. The smallest absolute Gasteiger partial charge is 0.360 e. The Morgan fingerprint density at radius 3 is 2.79 bits per heavy atom. The molecule has 19 heavy (non-hydrogen) atoms. The highest BCUT2D eigenvalue weighted by molar-refractivity contribution is 7.60. The molecule has 0 saturated heterocycles. The average Bonchev–Trinajstić information content (AvgIpc) is 2.82. The summed E-state index contributed by atoms with van der Waals surface area (Å²) in [6.07, 6.45) is 1.23. The molecule has 0 fully saturated rings. The summed E-state index contributed by atoms with van der Waals surface area (Å²) in [6.45, 7) is 0.561. The van der Waals surface area contributed by atoms with E-state index in [9.17, 15) is 14.4 Å². The van der Waals surface area contributed by atoms with E-state index in [1.54, 1.807) is 0 Å². The fourth-order valence-electron chi connectivity index (χ4n) is 1.65. The minimum atomic E-state index is -4.40. The molecule has 2 aromatic heterocycles. The van der Waals surface area contributed by atoms with Crippen LogP contribution in [0.4, 0.5) is 5.13 Å². The summed E-state index contributed by atoms with van der Waals surface area (Å²) >= 11 is 1.27. The molecule has 0 aromatic carbocycles. The third-order valence-electron chi connectivity index (χ3n) is 2.35. The monoisotopic (exact) mass is 303 g/mol. The van der Waals surface area contributed by atoms with Crippen molar-refractivity contribution in [3.8, 4) is 11.5 Å². The van der Waals surface area contributed by atoms with Gasteiger partial charge in [0.05, 0.1) is 11.1 Å². The maximum atomic E-state index is 11.4.